The predicted molar refractivity (Wildman–Crippen MR) is 157 cm³/mol. The first kappa shape index (κ1) is 28.6. The Morgan fingerprint density at radius 2 is 1.65 bits per heavy atom. The third-order valence-corrected chi connectivity index (χ3v) is 6.51. The third-order valence-electron chi connectivity index (χ3n) is 6.51. The van der Waals surface area contributed by atoms with E-state index >= 15 is 0 Å². The number of aryl methyl sites for hydroxylation is 3. The summed E-state index contributed by atoms with van der Waals surface area (Å²) in [7, 11) is 0. The van der Waals surface area contributed by atoms with Crippen molar-refractivity contribution in [2.75, 3.05) is 17.3 Å². The Morgan fingerprint density at radius 1 is 0.975 bits per heavy atom. The van der Waals surface area contributed by atoms with Gasteiger partial charge in [0.2, 0.25) is 17.6 Å². The summed E-state index contributed by atoms with van der Waals surface area (Å²) in [6, 6.07) is 14.1. The molecule has 1 amide bonds. The molecule has 9 nitrogen and oxygen atoms in total. The number of rotatable bonds is 10. The van der Waals surface area contributed by atoms with Crippen molar-refractivity contribution in [3.63, 3.8) is 0 Å². The quantitative estimate of drug-likeness (QED) is 0.153. The van der Waals surface area contributed by atoms with Crippen molar-refractivity contribution in [1.29, 1.82) is 0 Å². The number of amides is 1. The van der Waals surface area contributed by atoms with Crippen LogP contribution in [-0.4, -0.2) is 28.5 Å². The average Bonchev–Trinajstić information content (AvgIpc) is 3.22. The molecule has 40 heavy (non-hydrogen) atoms. The Morgan fingerprint density at radius 3 is 2.27 bits per heavy atom. The highest BCUT2D eigenvalue weighted by Crippen LogP contribution is 2.32. The minimum Gasteiger partial charge on any atom is -0.462 e. The minimum absolute atomic E-state index is 0.188. The number of fused-ring (bicyclic) bond motifs is 1. The van der Waals surface area contributed by atoms with Crippen LogP contribution in [0.2, 0.25) is 0 Å². The summed E-state index contributed by atoms with van der Waals surface area (Å²) in [4.78, 5) is 35.0. The van der Waals surface area contributed by atoms with Crippen LogP contribution in [-0.2, 0) is 16.0 Å². The van der Waals surface area contributed by atoms with Crippen molar-refractivity contribution >= 4 is 40.4 Å². The highest BCUT2D eigenvalue weighted by Gasteiger charge is 2.26. The van der Waals surface area contributed by atoms with Crippen LogP contribution in [0, 0.1) is 26.7 Å². The van der Waals surface area contributed by atoms with E-state index in [0.717, 1.165) is 28.8 Å². The zero-order valence-corrected chi connectivity index (χ0v) is 24.1. The lowest BCUT2D eigenvalue weighted by Gasteiger charge is -2.16. The van der Waals surface area contributed by atoms with Crippen LogP contribution < -0.4 is 16.2 Å². The maximum Gasteiger partial charge on any atom is 0.342 e. The summed E-state index contributed by atoms with van der Waals surface area (Å²) in [5.41, 5.74) is 11.2. The van der Waals surface area contributed by atoms with Crippen LogP contribution in [0.1, 0.15) is 72.0 Å². The molecular weight excluding hydrogens is 506 g/mol. The molecule has 2 aromatic heterocycles. The Balaban J connectivity index is 1.64. The molecule has 0 bridgehead atoms. The molecule has 4 aromatic rings. The lowest BCUT2D eigenvalue weighted by molar-refractivity contribution is -0.121. The van der Waals surface area contributed by atoms with Gasteiger partial charge in [0.25, 0.3) is 0 Å². The number of hydrogen-bond acceptors (Lipinski definition) is 8. The van der Waals surface area contributed by atoms with Crippen molar-refractivity contribution in [3.8, 4) is 0 Å². The molecule has 0 spiro atoms. The van der Waals surface area contributed by atoms with Gasteiger partial charge in [0.05, 0.1) is 17.9 Å². The zero-order chi connectivity index (χ0) is 29.0. The van der Waals surface area contributed by atoms with Gasteiger partial charge >= 0.3 is 5.97 Å². The minimum atomic E-state index is -0.554. The smallest absolute Gasteiger partial charge is 0.342 e. The summed E-state index contributed by atoms with van der Waals surface area (Å²) in [5.74, 6) is 0.112. The molecule has 1 atom stereocenters. The monoisotopic (exact) mass is 543 g/mol. The molecule has 3 N–H and O–H groups in total. The van der Waals surface area contributed by atoms with Gasteiger partial charge in [-0.15, -0.1) is 0 Å². The number of esters is 1. The van der Waals surface area contributed by atoms with Gasteiger partial charge < -0.3 is 14.5 Å². The number of nitrogens with zero attached hydrogens (tertiary/aromatic N) is 2. The fourth-order valence-electron chi connectivity index (χ4n) is 4.68. The van der Waals surface area contributed by atoms with Gasteiger partial charge in [0.1, 0.15) is 11.3 Å². The second-order valence-corrected chi connectivity index (χ2v) is 10.5. The third kappa shape index (κ3) is 6.59. The Labute approximate surface area is 234 Å². The zero-order valence-electron chi connectivity index (χ0n) is 24.1. The molecule has 0 radical (unpaired) electrons. The molecular formula is C31H37N5O4. The summed E-state index contributed by atoms with van der Waals surface area (Å²) < 4.78 is 11.1. The Kier molecular flexibility index (Phi) is 8.72. The van der Waals surface area contributed by atoms with Crippen molar-refractivity contribution in [2.45, 2.75) is 60.8 Å². The van der Waals surface area contributed by atoms with Crippen molar-refractivity contribution < 1.29 is 18.7 Å². The number of nitrogens with one attached hydrogen (secondary N) is 3. The molecule has 0 aliphatic rings. The average molecular weight is 544 g/mol. The first-order chi connectivity index (χ1) is 19.0. The van der Waals surface area contributed by atoms with E-state index in [4.69, 9.17) is 9.15 Å². The SMILES string of the molecule is CCOC(=O)c1c(C)oc2nc(Nc3cc(C)cc(C)c3)nc(NNC(=O)C(C)c3ccc(CC(C)C)cc3)c12. The number of ether oxygens (including phenoxy) is 1. The number of benzene rings is 2. The van der Waals surface area contributed by atoms with Crippen molar-refractivity contribution in [2.24, 2.45) is 5.92 Å². The van der Waals surface area contributed by atoms with E-state index < -0.39 is 11.9 Å². The lowest BCUT2D eigenvalue weighted by atomic mass is 9.96. The fraction of sp³-hybridized carbons (Fsp3) is 0.355. The number of carbonyl (C=O) groups is 2. The Hall–Kier alpha value is -4.40. The largest absolute Gasteiger partial charge is 0.462 e. The van der Waals surface area contributed by atoms with Gasteiger partial charge in [0.15, 0.2) is 5.82 Å². The highest BCUT2D eigenvalue weighted by atomic mass is 16.5. The van der Waals surface area contributed by atoms with E-state index in [9.17, 15) is 9.59 Å². The molecule has 0 saturated carbocycles. The second-order valence-electron chi connectivity index (χ2n) is 10.5. The standard InChI is InChI=1S/C31H37N5O4/c1-8-39-30(38)25-21(7)40-29-26(25)27(33-31(34-29)32-24-15-18(4)14-19(5)16-24)35-36-28(37)20(6)23-11-9-22(10-12-23)13-17(2)3/h9-12,14-17,20H,8,13H2,1-7H3,(H,36,37)(H2,32,33,34,35). The first-order valence-electron chi connectivity index (χ1n) is 13.5. The van der Waals surface area contributed by atoms with Crippen LogP contribution in [0.25, 0.3) is 11.1 Å². The number of carbonyl (C=O) groups excluding carboxylic acids is 2. The molecule has 0 saturated heterocycles. The van der Waals surface area contributed by atoms with Crippen LogP contribution in [0.4, 0.5) is 17.5 Å². The molecule has 0 fully saturated rings. The molecule has 2 heterocycles. The molecule has 2 aromatic carbocycles. The van der Waals surface area contributed by atoms with Gasteiger partial charge in [-0.2, -0.15) is 9.97 Å². The maximum atomic E-state index is 13.1. The predicted octanol–water partition coefficient (Wildman–Crippen LogP) is 6.51. The summed E-state index contributed by atoms with van der Waals surface area (Å²) in [6.45, 7) is 13.8. The molecule has 0 aliphatic heterocycles. The maximum absolute atomic E-state index is 13.1. The number of hydrazine groups is 1. The van der Waals surface area contributed by atoms with Gasteiger partial charge in [-0.3, -0.25) is 15.6 Å². The number of anilines is 3. The van der Waals surface area contributed by atoms with E-state index in [1.54, 1.807) is 13.8 Å². The van der Waals surface area contributed by atoms with E-state index in [-0.39, 0.29) is 35.6 Å². The first-order valence-corrected chi connectivity index (χ1v) is 13.5. The molecule has 9 heteroatoms. The number of furan rings is 1. The normalized spacial score (nSPS) is 11.9. The van der Waals surface area contributed by atoms with Crippen molar-refractivity contribution in [1.82, 2.24) is 15.4 Å². The van der Waals surface area contributed by atoms with Gasteiger partial charge in [-0.25, -0.2) is 4.79 Å². The Bertz CT molecular complexity index is 1510. The van der Waals surface area contributed by atoms with Gasteiger partial charge in [0, 0.05) is 5.69 Å². The molecule has 210 valence electrons. The van der Waals surface area contributed by atoms with E-state index in [1.807, 2.05) is 45.0 Å². The van der Waals surface area contributed by atoms with E-state index in [1.165, 1.54) is 5.56 Å². The highest BCUT2D eigenvalue weighted by molar-refractivity contribution is 6.08. The van der Waals surface area contributed by atoms with Crippen LogP contribution >= 0.6 is 0 Å². The van der Waals surface area contributed by atoms with Gasteiger partial charge in [-0.1, -0.05) is 44.2 Å². The summed E-state index contributed by atoms with van der Waals surface area (Å²) in [6.07, 6.45) is 0.984. The van der Waals surface area contributed by atoms with Crippen LogP contribution in [0.15, 0.2) is 46.9 Å². The molecule has 1 unspecified atom stereocenters. The van der Waals surface area contributed by atoms with Gasteiger partial charge in [-0.05, 0) is 81.3 Å². The van der Waals surface area contributed by atoms with Crippen LogP contribution in [0.5, 0.6) is 0 Å². The lowest BCUT2D eigenvalue weighted by Crippen LogP contribution is -2.33. The van der Waals surface area contributed by atoms with E-state index in [0.29, 0.717) is 17.1 Å². The van der Waals surface area contributed by atoms with E-state index in [2.05, 4.69) is 58.2 Å². The second kappa shape index (κ2) is 12.2. The molecule has 0 aliphatic carbocycles. The number of hydrogen-bond donors (Lipinski definition) is 3. The summed E-state index contributed by atoms with van der Waals surface area (Å²) >= 11 is 0. The summed E-state index contributed by atoms with van der Waals surface area (Å²) in [5, 5.41) is 3.53. The number of aromatic nitrogens is 2. The van der Waals surface area contributed by atoms with Crippen LogP contribution in [0.3, 0.4) is 0 Å². The topological polar surface area (TPSA) is 118 Å². The fourth-order valence-corrected chi connectivity index (χ4v) is 4.68. The van der Waals surface area contributed by atoms with Crippen molar-refractivity contribution in [3.05, 3.63) is 76.0 Å². The molecule has 4 rings (SSSR count).